The zero-order chi connectivity index (χ0) is 32.4. The molecule has 0 aromatic rings. The van der Waals surface area contributed by atoms with Crippen LogP contribution in [0.3, 0.4) is 0 Å². The minimum atomic E-state index is -1.10. The first kappa shape index (κ1) is 42.8. The van der Waals surface area contributed by atoms with Crippen LogP contribution in [-0.2, 0) is 4.79 Å². The van der Waals surface area contributed by atoms with Gasteiger partial charge in [0.2, 0.25) is 5.91 Å². The van der Waals surface area contributed by atoms with Crippen LogP contribution >= 0.6 is 0 Å². The fraction of sp³-hybridized carbons (Fsp3) is 0.872. The maximum absolute atomic E-state index is 12.3. The quantitative estimate of drug-likeness (QED) is 0.0425. The third-order valence-corrected chi connectivity index (χ3v) is 8.79. The number of amides is 1. The van der Waals surface area contributed by atoms with Crippen molar-refractivity contribution in [3.8, 4) is 0 Å². The number of hydrogen-bond donors (Lipinski definition) is 4. The van der Waals surface area contributed by atoms with Crippen LogP contribution in [0.2, 0.25) is 0 Å². The standard InChI is InChI=1S/C39H75NO4/c1-3-5-7-9-11-13-15-16-17-18-19-20-21-22-23-24-26-27-29-31-33-37(42)36(35-41)40-39(44)38(43)34-32-30-28-25-14-12-10-8-6-4-2/h24,26,31,33,36-38,41-43H,3-23,25,27-30,32,34-35H2,1-2H3,(H,40,44)/b26-24+,33-31+. The molecule has 0 saturated carbocycles. The third-order valence-electron chi connectivity index (χ3n) is 8.79. The van der Waals surface area contributed by atoms with Crippen molar-refractivity contribution in [3.05, 3.63) is 24.3 Å². The topological polar surface area (TPSA) is 89.8 Å². The molecule has 0 bridgehead atoms. The van der Waals surface area contributed by atoms with Gasteiger partial charge in [0.15, 0.2) is 0 Å². The second kappa shape index (κ2) is 34.7. The van der Waals surface area contributed by atoms with Crippen molar-refractivity contribution in [2.75, 3.05) is 6.61 Å². The van der Waals surface area contributed by atoms with E-state index in [2.05, 4.69) is 31.3 Å². The van der Waals surface area contributed by atoms with Crippen molar-refractivity contribution in [3.63, 3.8) is 0 Å². The molecule has 0 spiro atoms. The molecule has 5 heteroatoms. The lowest BCUT2D eigenvalue weighted by Crippen LogP contribution is -2.48. The molecule has 0 aliphatic heterocycles. The normalized spacial score (nSPS) is 14.0. The number of carbonyl (C=O) groups excluding carboxylic acids is 1. The molecule has 3 atom stereocenters. The molecular formula is C39H75NO4. The molecular weight excluding hydrogens is 546 g/mol. The summed E-state index contributed by atoms with van der Waals surface area (Å²) in [5.74, 6) is -0.515. The predicted molar refractivity (Wildman–Crippen MR) is 190 cm³/mol. The van der Waals surface area contributed by atoms with Gasteiger partial charge in [0, 0.05) is 0 Å². The van der Waals surface area contributed by atoms with Gasteiger partial charge in [0.05, 0.1) is 18.8 Å². The number of aliphatic hydroxyl groups is 3. The lowest BCUT2D eigenvalue weighted by atomic mass is 10.0. The number of unbranched alkanes of at least 4 members (excludes halogenated alkanes) is 24. The SMILES string of the molecule is CCCCCCCCCCCCCCCC/C=C/CC/C=C/C(O)C(CO)NC(=O)C(O)CCCCCCCCCCCC. The fourth-order valence-electron chi connectivity index (χ4n) is 5.73. The molecule has 0 aliphatic rings. The summed E-state index contributed by atoms with van der Waals surface area (Å²) in [4.78, 5) is 12.3. The van der Waals surface area contributed by atoms with E-state index in [0.717, 1.165) is 38.5 Å². The molecule has 0 aromatic heterocycles. The molecule has 44 heavy (non-hydrogen) atoms. The Balaban J connectivity index is 3.74. The van der Waals surface area contributed by atoms with Crippen LogP contribution < -0.4 is 5.32 Å². The van der Waals surface area contributed by atoms with Crippen LogP contribution in [0.4, 0.5) is 0 Å². The number of carbonyl (C=O) groups is 1. The summed E-state index contributed by atoms with van der Waals surface area (Å²) in [7, 11) is 0. The van der Waals surface area contributed by atoms with Crippen LogP contribution in [0.25, 0.3) is 0 Å². The lowest BCUT2D eigenvalue weighted by Gasteiger charge is -2.21. The summed E-state index contributed by atoms with van der Waals surface area (Å²) >= 11 is 0. The van der Waals surface area contributed by atoms with E-state index < -0.39 is 24.2 Å². The van der Waals surface area contributed by atoms with E-state index in [9.17, 15) is 20.1 Å². The largest absolute Gasteiger partial charge is 0.394 e. The number of allylic oxidation sites excluding steroid dienone is 3. The van der Waals surface area contributed by atoms with E-state index in [0.29, 0.717) is 6.42 Å². The van der Waals surface area contributed by atoms with Crippen LogP contribution in [0.5, 0.6) is 0 Å². The Bertz CT molecular complexity index is 650. The second-order valence-corrected chi connectivity index (χ2v) is 13.1. The van der Waals surface area contributed by atoms with Gasteiger partial charge in [-0.1, -0.05) is 186 Å². The van der Waals surface area contributed by atoms with Crippen molar-refractivity contribution in [1.29, 1.82) is 0 Å². The molecule has 0 aromatic carbocycles. The summed E-state index contributed by atoms with van der Waals surface area (Å²) in [6.07, 6.45) is 40.6. The summed E-state index contributed by atoms with van der Waals surface area (Å²) in [5, 5.41) is 32.9. The molecule has 0 aliphatic carbocycles. The molecule has 0 rings (SSSR count). The Morgan fingerprint density at radius 2 is 0.932 bits per heavy atom. The average Bonchev–Trinajstić information content (AvgIpc) is 3.03. The van der Waals surface area contributed by atoms with Gasteiger partial charge in [-0.05, 0) is 32.1 Å². The highest BCUT2D eigenvalue weighted by atomic mass is 16.3. The molecule has 260 valence electrons. The summed E-state index contributed by atoms with van der Waals surface area (Å²) in [6, 6.07) is -0.808. The number of aliphatic hydroxyl groups excluding tert-OH is 3. The Labute approximate surface area is 273 Å². The molecule has 5 nitrogen and oxygen atoms in total. The highest BCUT2D eigenvalue weighted by Gasteiger charge is 2.22. The maximum atomic E-state index is 12.3. The molecule has 3 unspecified atom stereocenters. The van der Waals surface area contributed by atoms with E-state index in [4.69, 9.17) is 0 Å². The Hall–Kier alpha value is -1.17. The van der Waals surface area contributed by atoms with E-state index in [1.165, 1.54) is 135 Å². The average molecular weight is 622 g/mol. The first-order chi connectivity index (χ1) is 21.6. The number of nitrogens with one attached hydrogen (secondary N) is 1. The van der Waals surface area contributed by atoms with Gasteiger partial charge in [-0.25, -0.2) is 0 Å². The van der Waals surface area contributed by atoms with E-state index in [1.807, 2.05) is 6.08 Å². The fourth-order valence-corrected chi connectivity index (χ4v) is 5.73. The summed E-state index contributed by atoms with van der Waals surface area (Å²) < 4.78 is 0. The van der Waals surface area contributed by atoms with Gasteiger partial charge in [-0.15, -0.1) is 0 Å². The second-order valence-electron chi connectivity index (χ2n) is 13.1. The van der Waals surface area contributed by atoms with Gasteiger partial charge in [-0.3, -0.25) is 4.79 Å². The van der Waals surface area contributed by atoms with Crippen LogP contribution in [-0.4, -0.2) is 46.1 Å². The summed E-state index contributed by atoms with van der Waals surface area (Å²) in [5.41, 5.74) is 0. The van der Waals surface area contributed by atoms with Crippen molar-refractivity contribution in [2.24, 2.45) is 0 Å². The highest BCUT2D eigenvalue weighted by Crippen LogP contribution is 2.14. The minimum Gasteiger partial charge on any atom is -0.394 e. The van der Waals surface area contributed by atoms with Crippen molar-refractivity contribution >= 4 is 5.91 Å². The summed E-state index contributed by atoms with van der Waals surface area (Å²) in [6.45, 7) is 4.14. The molecule has 0 radical (unpaired) electrons. The molecule has 4 N–H and O–H groups in total. The Morgan fingerprint density at radius 3 is 1.39 bits per heavy atom. The minimum absolute atomic E-state index is 0.374. The van der Waals surface area contributed by atoms with E-state index in [1.54, 1.807) is 6.08 Å². The molecule has 0 saturated heterocycles. The van der Waals surface area contributed by atoms with E-state index >= 15 is 0 Å². The zero-order valence-electron chi connectivity index (χ0n) is 29.3. The van der Waals surface area contributed by atoms with Crippen LogP contribution in [0.15, 0.2) is 24.3 Å². The smallest absolute Gasteiger partial charge is 0.249 e. The van der Waals surface area contributed by atoms with Gasteiger partial charge in [0.1, 0.15) is 6.10 Å². The van der Waals surface area contributed by atoms with Crippen molar-refractivity contribution in [2.45, 2.75) is 212 Å². The Morgan fingerprint density at radius 1 is 0.545 bits per heavy atom. The number of rotatable bonds is 34. The maximum Gasteiger partial charge on any atom is 0.249 e. The Kier molecular flexibility index (Phi) is 33.8. The van der Waals surface area contributed by atoms with Gasteiger partial charge in [-0.2, -0.15) is 0 Å². The first-order valence-electron chi connectivity index (χ1n) is 19.2. The van der Waals surface area contributed by atoms with Gasteiger partial charge >= 0.3 is 0 Å². The number of hydrogen-bond acceptors (Lipinski definition) is 4. The lowest BCUT2D eigenvalue weighted by molar-refractivity contribution is -0.131. The predicted octanol–water partition coefficient (Wildman–Crippen LogP) is 10.3. The first-order valence-corrected chi connectivity index (χ1v) is 19.2. The van der Waals surface area contributed by atoms with Crippen molar-refractivity contribution in [1.82, 2.24) is 5.32 Å². The highest BCUT2D eigenvalue weighted by molar-refractivity contribution is 5.80. The zero-order valence-corrected chi connectivity index (χ0v) is 29.3. The van der Waals surface area contributed by atoms with Crippen molar-refractivity contribution < 1.29 is 20.1 Å². The van der Waals surface area contributed by atoms with Gasteiger partial charge in [0.25, 0.3) is 0 Å². The molecule has 0 fully saturated rings. The monoisotopic (exact) mass is 622 g/mol. The third kappa shape index (κ3) is 29.5. The molecule has 1 amide bonds. The molecule has 0 heterocycles. The van der Waals surface area contributed by atoms with Crippen LogP contribution in [0, 0.1) is 0 Å². The van der Waals surface area contributed by atoms with E-state index in [-0.39, 0.29) is 6.61 Å². The van der Waals surface area contributed by atoms with Crippen LogP contribution in [0.1, 0.15) is 194 Å². The van der Waals surface area contributed by atoms with Gasteiger partial charge < -0.3 is 20.6 Å².